The highest BCUT2D eigenvalue weighted by Crippen LogP contribution is 2.21. The van der Waals surface area contributed by atoms with E-state index in [9.17, 15) is 4.79 Å². The van der Waals surface area contributed by atoms with E-state index in [2.05, 4.69) is 15.2 Å². The standard InChI is InChI=1S/C11H15N5O/c12-10-5-8(1-2-13-10)15-3-4-16-9(7-15)6-14-11(16)17/h1-2,5,9H,3-4,6-7H2,(H2,12,13)(H,14,17). The fraction of sp³-hybridized carbons (Fsp3) is 0.455. The zero-order valence-corrected chi connectivity index (χ0v) is 9.47. The Kier molecular flexibility index (Phi) is 2.28. The summed E-state index contributed by atoms with van der Waals surface area (Å²) in [6, 6.07) is 4.16. The van der Waals surface area contributed by atoms with Gasteiger partial charge in [-0.15, -0.1) is 0 Å². The Labute approximate surface area is 99.4 Å². The molecule has 0 saturated carbocycles. The minimum atomic E-state index is 0.0592. The summed E-state index contributed by atoms with van der Waals surface area (Å²) in [4.78, 5) is 19.6. The van der Waals surface area contributed by atoms with Gasteiger partial charge in [0, 0.05) is 44.1 Å². The Balaban J connectivity index is 1.77. The molecule has 0 aromatic carbocycles. The van der Waals surface area contributed by atoms with E-state index in [0.717, 1.165) is 31.9 Å². The molecule has 17 heavy (non-hydrogen) atoms. The summed E-state index contributed by atoms with van der Waals surface area (Å²) < 4.78 is 0. The quantitative estimate of drug-likeness (QED) is 0.709. The molecule has 1 unspecified atom stereocenters. The Bertz CT molecular complexity index is 449. The number of nitrogens with two attached hydrogens (primary N) is 1. The number of hydrogen-bond donors (Lipinski definition) is 2. The summed E-state index contributed by atoms with van der Waals surface area (Å²) in [6.07, 6.45) is 1.72. The molecule has 0 spiro atoms. The van der Waals surface area contributed by atoms with Crippen molar-refractivity contribution >= 4 is 17.5 Å². The van der Waals surface area contributed by atoms with Crippen LogP contribution >= 0.6 is 0 Å². The van der Waals surface area contributed by atoms with E-state index in [1.54, 1.807) is 6.20 Å². The number of aromatic nitrogens is 1. The third-order valence-electron chi connectivity index (χ3n) is 3.36. The van der Waals surface area contributed by atoms with Gasteiger partial charge in [0.2, 0.25) is 0 Å². The van der Waals surface area contributed by atoms with Crippen LogP contribution in [0.1, 0.15) is 0 Å². The summed E-state index contributed by atoms with van der Waals surface area (Å²) in [5.41, 5.74) is 6.76. The molecule has 2 aliphatic heterocycles. The lowest BCUT2D eigenvalue weighted by Gasteiger charge is -2.37. The van der Waals surface area contributed by atoms with Crippen molar-refractivity contribution in [2.75, 3.05) is 36.8 Å². The molecule has 1 aromatic rings. The van der Waals surface area contributed by atoms with Crippen LogP contribution in [0, 0.1) is 0 Å². The van der Waals surface area contributed by atoms with Gasteiger partial charge in [-0.2, -0.15) is 0 Å². The maximum atomic E-state index is 11.5. The van der Waals surface area contributed by atoms with Crippen LogP contribution in [-0.2, 0) is 0 Å². The molecule has 3 rings (SSSR count). The number of piperazine rings is 1. The van der Waals surface area contributed by atoms with Crippen molar-refractivity contribution in [2.45, 2.75) is 6.04 Å². The van der Waals surface area contributed by atoms with Gasteiger partial charge in [0.25, 0.3) is 0 Å². The molecule has 2 saturated heterocycles. The number of pyridine rings is 1. The number of fused-ring (bicyclic) bond motifs is 1. The van der Waals surface area contributed by atoms with E-state index in [-0.39, 0.29) is 12.1 Å². The van der Waals surface area contributed by atoms with E-state index in [1.807, 2.05) is 17.0 Å². The number of nitrogens with zero attached hydrogens (tertiary/aromatic N) is 3. The van der Waals surface area contributed by atoms with Crippen molar-refractivity contribution in [3.05, 3.63) is 18.3 Å². The first-order valence-electron chi connectivity index (χ1n) is 5.75. The summed E-state index contributed by atoms with van der Waals surface area (Å²) in [7, 11) is 0. The molecule has 6 nitrogen and oxygen atoms in total. The molecule has 3 N–H and O–H groups in total. The van der Waals surface area contributed by atoms with Crippen molar-refractivity contribution in [1.82, 2.24) is 15.2 Å². The highest BCUT2D eigenvalue weighted by Gasteiger charge is 2.35. The SMILES string of the molecule is Nc1cc(N2CCN3C(=O)NCC3C2)ccn1. The second kappa shape index (κ2) is 3.80. The molecule has 0 radical (unpaired) electrons. The lowest BCUT2D eigenvalue weighted by atomic mass is 10.2. The van der Waals surface area contributed by atoms with Gasteiger partial charge in [-0.3, -0.25) is 0 Å². The van der Waals surface area contributed by atoms with Gasteiger partial charge < -0.3 is 20.9 Å². The van der Waals surface area contributed by atoms with Crippen molar-refractivity contribution in [2.24, 2.45) is 0 Å². The fourth-order valence-electron chi connectivity index (χ4n) is 2.47. The van der Waals surface area contributed by atoms with Crippen LogP contribution in [0.3, 0.4) is 0 Å². The van der Waals surface area contributed by atoms with Gasteiger partial charge in [0.05, 0.1) is 6.04 Å². The van der Waals surface area contributed by atoms with Gasteiger partial charge in [0.1, 0.15) is 5.82 Å². The maximum Gasteiger partial charge on any atom is 0.317 e. The Morgan fingerprint density at radius 1 is 1.47 bits per heavy atom. The average Bonchev–Trinajstić information content (AvgIpc) is 2.71. The number of nitrogen functional groups attached to an aromatic ring is 1. The molecular formula is C11H15N5O. The van der Waals surface area contributed by atoms with Crippen LogP contribution in [0.5, 0.6) is 0 Å². The van der Waals surface area contributed by atoms with Crippen molar-refractivity contribution < 1.29 is 4.79 Å². The molecule has 3 heterocycles. The summed E-state index contributed by atoms with van der Waals surface area (Å²) in [5.74, 6) is 0.533. The van der Waals surface area contributed by atoms with Crippen LogP contribution in [0.15, 0.2) is 18.3 Å². The zero-order chi connectivity index (χ0) is 11.8. The van der Waals surface area contributed by atoms with Gasteiger partial charge in [-0.25, -0.2) is 9.78 Å². The minimum absolute atomic E-state index is 0.0592. The Morgan fingerprint density at radius 3 is 3.18 bits per heavy atom. The predicted octanol–water partition coefficient (Wildman–Crippen LogP) is -0.122. The molecule has 90 valence electrons. The minimum Gasteiger partial charge on any atom is -0.384 e. The second-order valence-electron chi connectivity index (χ2n) is 4.42. The number of urea groups is 1. The van der Waals surface area contributed by atoms with E-state index < -0.39 is 0 Å². The number of carbonyl (C=O) groups is 1. The van der Waals surface area contributed by atoms with Crippen LogP contribution in [0.4, 0.5) is 16.3 Å². The van der Waals surface area contributed by atoms with Crippen LogP contribution < -0.4 is 16.0 Å². The summed E-state index contributed by atoms with van der Waals surface area (Å²) in [6.45, 7) is 3.18. The Morgan fingerprint density at radius 2 is 2.35 bits per heavy atom. The second-order valence-corrected chi connectivity index (χ2v) is 4.42. The molecule has 2 fully saturated rings. The Hall–Kier alpha value is -1.98. The monoisotopic (exact) mass is 233 g/mol. The summed E-state index contributed by atoms with van der Waals surface area (Å²) in [5, 5.41) is 2.87. The number of anilines is 2. The first-order chi connectivity index (χ1) is 8.24. The molecule has 0 bridgehead atoms. The van der Waals surface area contributed by atoms with Gasteiger partial charge in [-0.1, -0.05) is 0 Å². The predicted molar refractivity (Wildman–Crippen MR) is 64.8 cm³/mol. The molecular weight excluding hydrogens is 218 g/mol. The lowest BCUT2D eigenvalue weighted by molar-refractivity contribution is 0.197. The first kappa shape index (κ1) is 10.2. The van der Waals surface area contributed by atoms with Gasteiger partial charge >= 0.3 is 6.03 Å². The number of carbonyl (C=O) groups excluding carboxylic acids is 1. The number of rotatable bonds is 1. The lowest BCUT2D eigenvalue weighted by Crippen LogP contribution is -2.52. The summed E-state index contributed by atoms with van der Waals surface area (Å²) >= 11 is 0. The molecule has 6 heteroatoms. The molecule has 2 aliphatic rings. The van der Waals surface area contributed by atoms with Crippen molar-refractivity contribution in [1.29, 1.82) is 0 Å². The van der Waals surface area contributed by atoms with E-state index in [0.29, 0.717) is 5.82 Å². The molecule has 0 aliphatic carbocycles. The fourth-order valence-corrected chi connectivity index (χ4v) is 2.47. The van der Waals surface area contributed by atoms with E-state index in [1.165, 1.54) is 0 Å². The molecule has 1 atom stereocenters. The molecule has 1 aromatic heterocycles. The number of nitrogens with one attached hydrogen (secondary N) is 1. The largest absolute Gasteiger partial charge is 0.384 e. The number of amides is 2. The van der Waals surface area contributed by atoms with Crippen molar-refractivity contribution in [3.63, 3.8) is 0 Å². The van der Waals surface area contributed by atoms with Gasteiger partial charge in [-0.05, 0) is 6.07 Å². The van der Waals surface area contributed by atoms with Crippen LogP contribution in [-0.4, -0.2) is 48.1 Å². The maximum absolute atomic E-state index is 11.5. The smallest absolute Gasteiger partial charge is 0.317 e. The van der Waals surface area contributed by atoms with E-state index in [4.69, 9.17) is 5.73 Å². The number of hydrogen-bond acceptors (Lipinski definition) is 4. The van der Waals surface area contributed by atoms with Crippen LogP contribution in [0.25, 0.3) is 0 Å². The van der Waals surface area contributed by atoms with Gasteiger partial charge in [0.15, 0.2) is 0 Å². The highest BCUT2D eigenvalue weighted by atomic mass is 16.2. The highest BCUT2D eigenvalue weighted by molar-refractivity contribution is 5.77. The van der Waals surface area contributed by atoms with E-state index >= 15 is 0 Å². The van der Waals surface area contributed by atoms with Crippen molar-refractivity contribution in [3.8, 4) is 0 Å². The topological polar surface area (TPSA) is 74.5 Å². The zero-order valence-electron chi connectivity index (χ0n) is 9.47. The normalized spacial score (nSPS) is 23.5. The molecule has 2 amide bonds. The average molecular weight is 233 g/mol. The van der Waals surface area contributed by atoms with Crippen LogP contribution in [0.2, 0.25) is 0 Å². The third kappa shape index (κ3) is 1.75. The first-order valence-corrected chi connectivity index (χ1v) is 5.75. The third-order valence-corrected chi connectivity index (χ3v) is 3.36.